The fourth-order valence-corrected chi connectivity index (χ4v) is 3.25. The highest BCUT2D eigenvalue weighted by molar-refractivity contribution is 5.80. The summed E-state index contributed by atoms with van der Waals surface area (Å²) >= 11 is 0. The van der Waals surface area contributed by atoms with Crippen molar-refractivity contribution in [2.24, 2.45) is 4.99 Å². The highest BCUT2D eigenvalue weighted by Crippen LogP contribution is 2.20. The van der Waals surface area contributed by atoms with E-state index in [1.54, 1.807) is 12.3 Å². The zero-order chi connectivity index (χ0) is 19.1. The summed E-state index contributed by atoms with van der Waals surface area (Å²) in [5.41, 5.74) is 2.56. The van der Waals surface area contributed by atoms with Crippen LogP contribution >= 0.6 is 0 Å². The van der Waals surface area contributed by atoms with Gasteiger partial charge in [0.25, 0.3) is 0 Å². The molecule has 1 aliphatic rings. The van der Waals surface area contributed by atoms with Crippen LogP contribution in [-0.2, 0) is 6.42 Å². The normalized spacial score (nSPS) is 17.2. The molecule has 144 valence electrons. The molecule has 1 atom stereocenters. The van der Waals surface area contributed by atoms with Gasteiger partial charge in [-0.1, -0.05) is 29.8 Å². The molecule has 5 nitrogen and oxygen atoms in total. The number of pyridine rings is 1. The fraction of sp³-hybridized carbons (Fsp3) is 0.429. The van der Waals surface area contributed by atoms with E-state index >= 15 is 0 Å². The smallest absolute Gasteiger partial charge is 0.191 e. The summed E-state index contributed by atoms with van der Waals surface area (Å²) in [6, 6.07) is 11.9. The Morgan fingerprint density at radius 2 is 2.11 bits per heavy atom. The molecule has 1 aromatic heterocycles. The average molecular weight is 369 g/mol. The number of rotatable bonds is 6. The van der Waals surface area contributed by atoms with Crippen LogP contribution in [0.4, 0.5) is 10.2 Å². The molecule has 0 aliphatic carbocycles. The lowest BCUT2D eigenvalue weighted by Gasteiger charge is -2.20. The van der Waals surface area contributed by atoms with Gasteiger partial charge in [0.05, 0.1) is 0 Å². The van der Waals surface area contributed by atoms with Gasteiger partial charge >= 0.3 is 0 Å². The molecule has 0 spiro atoms. The number of halogens is 1. The summed E-state index contributed by atoms with van der Waals surface area (Å²) in [5.74, 6) is 0.984. The van der Waals surface area contributed by atoms with Crippen molar-refractivity contribution in [3.05, 3.63) is 59.5 Å². The quantitative estimate of drug-likeness (QED) is 0.607. The molecule has 0 radical (unpaired) electrons. The van der Waals surface area contributed by atoms with E-state index < -0.39 is 0 Å². The van der Waals surface area contributed by atoms with Crippen molar-refractivity contribution in [2.45, 2.75) is 32.7 Å². The van der Waals surface area contributed by atoms with Gasteiger partial charge in [0, 0.05) is 38.4 Å². The van der Waals surface area contributed by atoms with Gasteiger partial charge in [-0.15, -0.1) is 0 Å². The molecule has 0 bridgehead atoms. The Bertz CT molecular complexity index is 759. The van der Waals surface area contributed by atoms with E-state index in [-0.39, 0.29) is 11.9 Å². The third kappa shape index (κ3) is 5.42. The van der Waals surface area contributed by atoms with Crippen molar-refractivity contribution >= 4 is 11.8 Å². The molecule has 2 aromatic rings. The largest absolute Gasteiger partial charge is 0.357 e. The third-order valence-electron chi connectivity index (χ3n) is 4.70. The Kier molecular flexibility index (Phi) is 6.63. The van der Waals surface area contributed by atoms with Gasteiger partial charge in [0.1, 0.15) is 0 Å². The SMILES string of the molecule is CCNC(=NCCc1ccc(C)cc1)NC1CCN(c2ncccc2F)C1. The summed E-state index contributed by atoms with van der Waals surface area (Å²) in [4.78, 5) is 10.9. The minimum atomic E-state index is -0.267. The Hall–Kier alpha value is -2.63. The lowest BCUT2D eigenvalue weighted by Crippen LogP contribution is -2.44. The number of hydrogen-bond acceptors (Lipinski definition) is 3. The van der Waals surface area contributed by atoms with Crippen LogP contribution in [0.15, 0.2) is 47.6 Å². The van der Waals surface area contributed by atoms with Gasteiger partial charge in [-0.3, -0.25) is 4.99 Å². The standard InChI is InChI=1S/C21H28FN5/c1-3-23-21(25-13-10-17-8-6-16(2)7-9-17)26-18-11-14-27(15-18)20-19(22)5-4-12-24-20/h4-9,12,18H,3,10-11,13-15H2,1-2H3,(H2,23,25,26). The lowest BCUT2D eigenvalue weighted by molar-refractivity contribution is 0.612. The van der Waals surface area contributed by atoms with E-state index in [4.69, 9.17) is 4.99 Å². The number of hydrogen-bond donors (Lipinski definition) is 2. The molecule has 1 aliphatic heterocycles. The Morgan fingerprint density at radius 3 is 2.85 bits per heavy atom. The Labute approximate surface area is 160 Å². The molecule has 6 heteroatoms. The van der Waals surface area contributed by atoms with Crippen molar-refractivity contribution in [3.8, 4) is 0 Å². The third-order valence-corrected chi connectivity index (χ3v) is 4.70. The fourth-order valence-electron chi connectivity index (χ4n) is 3.25. The van der Waals surface area contributed by atoms with Crippen molar-refractivity contribution in [3.63, 3.8) is 0 Å². The maximum absolute atomic E-state index is 13.9. The zero-order valence-electron chi connectivity index (χ0n) is 16.1. The van der Waals surface area contributed by atoms with Crippen LogP contribution in [0.2, 0.25) is 0 Å². The van der Waals surface area contributed by atoms with Crippen LogP contribution in [0, 0.1) is 12.7 Å². The average Bonchev–Trinajstić information content (AvgIpc) is 3.12. The van der Waals surface area contributed by atoms with Gasteiger partial charge < -0.3 is 15.5 Å². The number of aromatic nitrogens is 1. The molecule has 0 saturated carbocycles. The first-order chi connectivity index (χ1) is 13.2. The molecule has 0 amide bonds. The summed E-state index contributed by atoms with van der Waals surface area (Å²) in [6.45, 7) is 7.19. The van der Waals surface area contributed by atoms with Crippen LogP contribution < -0.4 is 15.5 Å². The van der Waals surface area contributed by atoms with E-state index in [9.17, 15) is 4.39 Å². The lowest BCUT2D eigenvalue weighted by atomic mass is 10.1. The topological polar surface area (TPSA) is 52.6 Å². The van der Waals surface area contributed by atoms with Gasteiger partial charge in [-0.05, 0) is 44.4 Å². The molecular weight excluding hydrogens is 341 g/mol. The predicted octanol–water partition coefficient (Wildman–Crippen LogP) is 2.91. The number of nitrogens with one attached hydrogen (secondary N) is 2. The van der Waals surface area contributed by atoms with E-state index in [2.05, 4.69) is 53.7 Å². The molecule has 2 N–H and O–H groups in total. The molecule has 3 rings (SSSR count). The first-order valence-electron chi connectivity index (χ1n) is 9.61. The van der Waals surface area contributed by atoms with E-state index in [1.165, 1.54) is 17.2 Å². The van der Waals surface area contributed by atoms with Crippen LogP contribution in [-0.4, -0.2) is 43.2 Å². The van der Waals surface area contributed by atoms with E-state index in [1.807, 2.05) is 4.90 Å². The predicted molar refractivity (Wildman–Crippen MR) is 109 cm³/mol. The minimum Gasteiger partial charge on any atom is -0.357 e. The number of guanidine groups is 1. The maximum Gasteiger partial charge on any atom is 0.191 e. The highest BCUT2D eigenvalue weighted by Gasteiger charge is 2.25. The van der Waals surface area contributed by atoms with Gasteiger partial charge in [0.2, 0.25) is 0 Å². The molecule has 27 heavy (non-hydrogen) atoms. The van der Waals surface area contributed by atoms with Gasteiger partial charge in [-0.2, -0.15) is 0 Å². The Balaban J connectivity index is 1.54. The van der Waals surface area contributed by atoms with E-state index in [0.29, 0.717) is 5.82 Å². The summed E-state index contributed by atoms with van der Waals surface area (Å²) < 4.78 is 13.9. The number of benzene rings is 1. The molecular formula is C21H28FN5. The van der Waals surface area contributed by atoms with Crippen molar-refractivity contribution in [1.29, 1.82) is 0 Å². The second-order valence-electron chi connectivity index (χ2n) is 6.88. The molecule has 2 heterocycles. The molecule has 1 unspecified atom stereocenters. The van der Waals surface area contributed by atoms with Crippen molar-refractivity contribution in [2.75, 3.05) is 31.1 Å². The van der Waals surface area contributed by atoms with E-state index in [0.717, 1.165) is 45.0 Å². The monoisotopic (exact) mass is 369 g/mol. The molecule has 1 aromatic carbocycles. The highest BCUT2D eigenvalue weighted by atomic mass is 19.1. The van der Waals surface area contributed by atoms with Crippen LogP contribution in [0.1, 0.15) is 24.5 Å². The van der Waals surface area contributed by atoms with Gasteiger partial charge in [0.15, 0.2) is 17.6 Å². The maximum atomic E-state index is 13.9. The summed E-state index contributed by atoms with van der Waals surface area (Å²) in [7, 11) is 0. The van der Waals surface area contributed by atoms with Crippen molar-refractivity contribution < 1.29 is 4.39 Å². The van der Waals surface area contributed by atoms with Gasteiger partial charge in [-0.25, -0.2) is 9.37 Å². The zero-order valence-corrected chi connectivity index (χ0v) is 16.1. The Morgan fingerprint density at radius 1 is 1.30 bits per heavy atom. The number of aliphatic imine (C=N–C) groups is 1. The first kappa shape index (κ1) is 19.1. The van der Waals surface area contributed by atoms with Crippen LogP contribution in [0.25, 0.3) is 0 Å². The summed E-state index contributed by atoms with van der Waals surface area (Å²) in [5, 5.41) is 6.78. The second kappa shape index (κ2) is 9.35. The molecule has 1 fully saturated rings. The number of anilines is 1. The summed E-state index contributed by atoms with van der Waals surface area (Å²) in [6.07, 6.45) is 3.47. The van der Waals surface area contributed by atoms with Crippen molar-refractivity contribution in [1.82, 2.24) is 15.6 Å². The minimum absolute atomic E-state index is 0.226. The number of aryl methyl sites for hydroxylation is 1. The molecule has 1 saturated heterocycles. The second-order valence-corrected chi connectivity index (χ2v) is 6.88. The van der Waals surface area contributed by atoms with Crippen LogP contribution in [0.3, 0.4) is 0 Å². The number of nitrogens with zero attached hydrogens (tertiary/aromatic N) is 3. The first-order valence-corrected chi connectivity index (χ1v) is 9.61. The van der Waals surface area contributed by atoms with Crippen LogP contribution in [0.5, 0.6) is 0 Å².